The van der Waals surface area contributed by atoms with Gasteiger partial charge in [0.2, 0.25) is 5.43 Å². The minimum Gasteiger partial charge on any atom is -0.456 e. The van der Waals surface area contributed by atoms with Crippen LogP contribution in [-0.2, 0) is 5.41 Å². The second kappa shape index (κ2) is 12.2. The Hall–Kier alpha value is -7.21. The number of anilines is 3. The average molecular weight is 682 g/mol. The molecule has 0 fully saturated rings. The molecule has 250 valence electrons. The number of rotatable bonds is 5. The first-order chi connectivity index (χ1) is 25.9. The molecular weight excluding hydrogens is 651 g/mol. The fourth-order valence-electron chi connectivity index (χ4n) is 7.93. The molecule has 0 saturated heterocycles. The topological polar surface area (TPSA) is 61.6 Å². The zero-order valence-electron chi connectivity index (χ0n) is 29.1. The van der Waals surface area contributed by atoms with Crippen LogP contribution < -0.4 is 10.3 Å². The summed E-state index contributed by atoms with van der Waals surface area (Å²) in [5.74, 6) is 0. The van der Waals surface area contributed by atoms with Crippen molar-refractivity contribution in [2.45, 2.75) is 19.3 Å². The highest BCUT2D eigenvalue weighted by molar-refractivity contribution is 6.04. The molecule has 1 heterocycles. The molecule has 0 amide bonds. The first-order valence-electron chi connectivity index (χ1n) is 17.5. The van der Waals surface area contributed by atoms with Crippen molar-refractivity contribution in [3.05, 3.63) is 190 Å². The van der Waals surface area contributed by atoms with E-state index in [1.54, 1.807) is 12.1 Å². The van der Waals surface area contributed by atoms with Crippen LogP contribution in [0.3, 0.4) is 0 Å². The van der Waals surface area contributed by atoms with E-state index in [9.17, 15) is 10.1 Å². The lowest BCUT2D eigenvalue weighted by Crippen LogP contribution is -2.17. The van der Waals surface area contributed by atoms with Gasteiger partial charge in [0.15, 0.2) is 5.69 Å². The summed E-state index contributed by atoms with van der Waals surface area (Å²) in [7, 11) is 0. The summed E-state index contributed by atoms with van der Waals surface area (Å²) in [6.07, 6.45) is 0. The highest BCUT2D eigenvalue weighted by Gasteiger charge is 2.37. The van der Waals surface area contributed by atoms with Crippen molar-refractivity contribution in [1.82, 2.24) is 0 Å². The molecule has 9 rings (SSSR count). The number of nitriles is 1. The Morgan fingerprint density at radius 3 is 1.96 bits per heavy atom. The van der Waals surface area contributed by atoms with E-state index < -0.39 is 5.41 Å². The number of hydrogen-bond donors (Lipinski definition) is 0. The van der Waals surface area contributed by atoms with Crippen molar-refractivity contribution in [2.75, 3.05) is 4.90 Å². The van der Waals surface area contributed by atoms with Crippen LogP contribution in [0.15, 0.2) is 161 Å². The van der Waals surface area contributed by atoms with Gasteiger partial charge in [0, 0.05) is 28.0 Å². The second-order valence-electron chi connectivity index (χ2n) is 13.9. The summed E-state index contributed by atoms with van der Waals surface area (Å²) in [5, 5.41) is 11.0. The maximum Gasteiger partial charge on any atom is 0.201 e. The lowest BCUT2D eigenvalue weighted by molar-refractivity contribution is 0.653. The van der Waals surface area contributed by atoms with Crippen LogP contribution >= 0.6 is 0 Å². The van der Waals surface area contributed by atoms with Crippen molar-refractivity contribution in [3.63, 3.8) is 0 Å². The molecule has 0 radical (unpaired) electrons. The SMILES string of the molecule is [C-]#[N+]c1ccccc1-c1cc(-c2ccccc2C#N)c2c(=O)c3cc4c(cc3oc2c1)-c1ccc(N(c2ccccc2)c2ccccc2)cc1C4(C)C. The predicted molar refractivity (Wildman–Crippen MR) is 214 cm³/mol. The van der Waals surface area contributed by atoms with Crippen LogP contribution in [0, 0.1) is 17.9 Å². The summed E-state index contributed by atoms with van der Waals surface area (Å²) >= 11 is 0. The number of fused-ring (bicyclic) bond motifs is 5. The number of hydrogen-bond acceptors (Lipinski definition) is 4. The van der Waals surface area contributed by atoms with Gasteiger partial charge in [-0.2, -0.15) is 5.26 Å². The Balaban J connectivity index is 1.27. The molecule has 7 aromatic carbocycles. The van der Waals surface area contributed by atoms with Gasteiger partial charge >= 0.3 is 0 Å². The van der Waals surface area contributed by atoms with Crippen LogP contribution in [0.2, 0.25) is 0 Å². The van der Waals surface area contributed by atoms with Crippen molar-refractivity contribution in [3.8, 4) is 39.4 Å². The zero-order chi connectivity index (χ0) is 36.3. The standard InChI is InChI=1S/C48H31N3O2/c1-48(2)41-26-34(51(32-15-6-4-7-16-32)33-17-8-5-9-18-33)22-23-37(41)38-28-44-40(27-42(38)48)47(52)46-39(35-19-11-10-14-30(35)29-49)24-31(25-45(46)53-44)36-20-12-13-21-43(36)50-3/h4-28H,1-2H3. The molecule has 0 saturated carbocycles. The van der Waals surface area contributed by atoms with Gasteiger partial charge in [0.25, 0.3) is 0 Å². The number of nitrogens with zero attached hydrogens (tertiary/aromatic N) is 3. The highest BCUT2D eigenvalue weighted by Crippen LogP contribution is 2.52. The van der Waals surface area contributed by atoms with Crippen LogP contribution in [0.4, 0.5) is 22.7 Å². The third-order valence-corrected chi connectivity index (χ3v) is 10.5. The second-order valence-corrected chi connectivity index (χ2v) is 13.9. The van der Waals surface area contributed by atoms with Crippen molar-refractivity contribution in [2.24, 2.45) is 0 Å². The molecule has 5 heteroatoms. The normalized spacial score (nSPS) is 12.5. The van der Waals surface area contributed by atoms with E-state index in [-0.39, 0.29) is 5.43 Å². The Morgan fingerprint density at radius 1 is 0.623 bits per heavy atom. The summed E-state index contributed by atoms with van der Waals surface area (Å²) in [4.78, 5) is 20.8. The van der Waals surface area contributed by atoms with Crippen molar-refractivity contribution >= 4 is 44.7 Å². The first kappa shape index (κ1) is 31.7. The molecule has 1 aromatic heterocycles. The Morgan fingerprint density at radius 2 is 1.26 bits per heavy atom. The molecule has 1 aliphatic rings. The van der Waals surface area contributed by atoms with Gasteiger partial charge in [-0.25, -0.2) is 4.85 Å². The monoisotopic (exact) mass is 681 g/mol. The van der Waals surface area contributed by atoms with Gasteiger partial charge in [0.1, 0.15) is 11.2 Å². The summed E-state index contributed by atoms with van der Waals surface area (Å²) < 4.78 is 6.72. The van der Waals surface area contributed by atoms with Gasteiger partial charge in [-0.1, -0.05) is 98.8 Å². The average Bonchev–Trinajstić information content (AvgIpc) is 3.42. The van der Waals surface area contributed by atoms with Crippen molar-refractivity contribution in [1.29, 1.82) is 5.26 Å². The number of para-hydroxylation sites is 3. The van der Waals surface area contributed by atoms with Gasteiger partial charge in [0.05, 0.1) is 29.0 Å². The first-order valence-corrected chi connectivity index (χ1v) is 17.5. The fraction of sp³-hybridized carbons (Fsp3) is 0.0625. The summed E-state index contributed by atoms with van der Waals surface area (Å²) in [5.41, 5.74) is 11.4. The summed E-state index contributed by atoms with van der Waals surface area (Å²) in [6.45, 7) is 12.2. The molecule has 0 atom stereocenters. The van der Waals surface area contributed by atoms with E-state index in [1.807, 2.05) is 72.8 Å². The minimum absolute atomic E-state index is 0.163. The van der Waals surface area contributed by atoms with E-state index >= 15 is 0 Å². The maximum absolute atomic E-state index is 14.8. The minimum atomic E-state index is -0.418. The lowest BCUT2D eigenvalue weighted by Gasteiger charge is -2.28. The molecule has 0 aliphatic heterocycles. The molecule has 0 unspecified atom stereocenters. The molecule has 5 nitrogen and oxygen atoms in total. The molecule has 0 spiro atoms. The van der Waals surface area contributed by atoms with Gasteiger partial charge in [-0.05, 0) is 106 Å². The fourth-order valence-corrected chi connectivity index (χ4v) is 7.93. The van der Waals surface area contributed by atoms with E-state index in [4.69, 9.17) is 11.0 Å². The zero-order valence-corrected chi connectivity index (χ0v) is 29.1. The van der Waals surface area contributed by atoms with Crippen molar-refractivity contribution < 1.29 is 4.42 Å². The molecule has 0 N–H and O–H groups in total. The molecule has 53 heavy (non-hydrogen) atoms. The number of benzene rings is 7. The lowest BCUT2D eigenvalue weighted by atomic mass is 9.81. The van der Waals surface area contributed by atoms with Crippen LogP contribution in [0.25, 0.3) is 60.2 Å². The molecular formula is C48H31N3O2. The third-order valence-electron chi connectivity index (χ3n) is 10.5. The van der Waals surface area contributed by atoms with Crippen LogP contribution in [0.1, 0.15) is 30.5 Å². The van der Waals surface area contributed by atoms with Gasteiger partial charge in [-0.15, -0.1) is 0 Å². The van der Waals surface area contributed by atoms with Crippen LogP contribution in [0.5, 0.6) is 0 Å². The largest absolute Gasteiger partial charge is 0.456 e. The predicted octanol–water partition coefficient (Wildman–Crippen LogP) is 12.5. The smallest absolute Gasteiger partial charge is 0.201 e. The van der Waals surface area contributed by atoms with E-state index in [0.717, 1.165) is 50.4 Å². The molecule has 8 aromatic rings. The Bertz CT molecular complexity index is 2870. The van der Waals surface area contributed by atoms with E-state index in [1.165, 1.54) is 0 Å². The molecule has 0 bridgehead atoms. The van der Waals surface area contributed by atoms with E-state index in [0.29, 0.717) is 44.3 Å². The van der Waals surface area contributed by atoms with Crippen LogP contribution in [-0.4, -0.2) is 0 Å². The maximum atomic E-state index is 14.8. The van der Waals surface area contributed by atoms with Gasteiger partial charge in [-0.3, -0.25) is 4.79 Å². The quantitative estimate of drug-likeness (QED) is 0.134. The Labute approximate surface area is 307 Å². The Kier molecular flexibility index (Phi) is 7.33. The highest BCUT2D eigenvalue weighted by atomic mass is 16.3. The molecule has 1 aliphatic carbocycles. The third kappa shape index (κ3) is 5.02. The van der Waals surface area contributed by atoms with E-state index in [2.05, 4.69) is 96.4 Å². The van der Waals surface area contributed by atoms with Gasteiger partial charge < -0.3 is 9.32 Å². The summed E-state index contributed by atoms with van der Waals surface area (Å²) in [6, 6.07) is 52.1.